The molecular formula is C38H19N3S2. The minimum absolute atomic E-state index is 0.631. The molecule has 0 aliphatic heterocycles. The highest BCUT2D eigenvalue weighted by atomic mass is 32.1. The standard InChI is InChI=1S/C38H19N3S2/c39-20-22-15-16-27-26-7-1-3-11-31(26)41(33(27)17-22)32-12-5-10-28-30-19-23(18-24(21-40)37(30)43-38(28)32)25-9-6-14-35-36(25)29-8-2-4-13-34(29)42-35/h1-19H. The number of benzene rings is 6. The Balaban J connectivity index is 1.37. The van der Waals surface area contributed by atoms with Crippen molar-refractivity contribution in [1.82, 2.24) is 4.57 Å². The monoisotopic (exact) mass is 581 g/mol. The predicted octanol–water partition coefficient (Wildman–Crippen LogP) is 10.9. The lowest BCUT2D eigenvalue weighted by atomic mass is 9.96. The highest BCUT2D eigenvalue weighted by Gasteiger charge is 2.19. The van der Waals surface area contributed by atoms with E-state index in [1.807, 2.05) is 29.5 Å². The van der Waals surface area contributed by atoms with Gasteiger partial charge in [-0.25, -0.2) is 0 Å². The molecule has 0 saturated carbocycles. The van der Waals surface area contributed by atoms with Crippen LogP contribution >= 0.6 is 22.7 Å². The Labute approximate surface area is 254 Å². The molecule has 0 N–H and O–H groups in total. The van der Waals surface area contributed by atoms with E-state index >= 15 is 0 Å². The first-order valence-corrected chi connectivity index (χ1v) is 15.6. The van der Waals surface area contributed by atoms with Crippen molar-refractivity contribution in [3.63, 3.8) is 0 Å². The lowest BCUT2D eigenvalue weighted by Crippen LogP contribution is -1.94. The van der Waals surface area contributed by atoms with Crippen LogP contribution in [0.4, 0.5) is 0 Å². The third-order valence-corrected chi connectivity index (χ3v) is 10.9. The Kier molecular flexibility index (Phi) is 5.07. The highest BCUT2D eigenvalue weighted by Crippen LogP contribution is 2.45. The van der Waals surface area contributed by atoms with Crippen molar-refractivity contribution in [3.05, 3.63) is 126 Å². The van der Waals surface area contributed by atoms with E-state index in [1.54, 1.807) is 11.3 Å². The van der Waals surface area contributed by atoms with Crippen LogP contribution in [-0.4, -0.2) is 4.57 Å². The Morgan fingerprint density at radius 3 is 2.19 bits per heavy atom. The molecule has 0 unspecified atom stereocenters. The molecule has 0 aliphatic rings. The van der Waals surface area contributed by atoms with Crippen molar-refractivity contribution < 1.29 is 0 Å². The largest absolute Gasteiger partial charge is 0.308 e. The van der Waals surface area contributed by atoms with Crippen LogP contribution in [0.5, 0.6) is 0 Å². The molecule has 0 amide bonds. The van der Waals surface area contributed by atoms with Gasteiger partial charge in [-0.05, 0) is 59.7 Å². The van der Waals surface area contributed by atoms with Crippen LogP contribution in [0.1, 0.15) is 11.1 Å². The lowest BCUT2D eigenvalue weighted by molar-refractivity contribution is 1.20. The smallest absolute Gasteiger partial charge is 0.101 e. The number of fused-ring (bicyclic) bond motifs is 9. The van der Waals surface area contributed by atoms with E-state index in [-0.39, 0.29) is 0 Å². The Bertz CT molecular complexity index is 2710. The zero-order valence-corrected chi connectivity index (χ0v) is 24.3. The SMILES string of the molecule is N#Cc1ccc2c3ccccc3n(-c3cccc4c3sc3c(C#N)cc(-c5cccc6sc7ccccc7c56)cc34)c2c1. The second-order valence-corrected chi connectivity index (χ2v) is 12.8. The lowest BCUT2D eigenvalue weighted by Gasteiger charge is -2.09. The van der Waals surface area contributed by atoms with Gasteiger partial charge >= 0.3 is 0 Å². The van der Waals surface area contributed by atoms with Crippen molar-refractivity contribution >= 4 is 84.8 Å². The molecule has 3 aromatic heterocycles. The number of hydrogen-bond donors (Lipinski definition) is 0. The van der Waals surface area contributed by atoms with E-state index in [4.69, 9.17) is 0 Å². The predicted molar refractivity (Wildman–Crippen MR) is 181 cm³/mol. The van der Waals surface area contributed by atoms with E-state index in [0.717, 1.165) is 58.8 Å². The summed E-state index contributed by atoms with van der Waals surface area (Å²) >= 11 is 3.48. The molecule has 0 saturated heterocycles. The Morgan fingerprint density at radius 1 is 0.535 bits per heavy atom. The van der Waals surface area contributed by atoms with Gasteiger partial charge in [0.15, 0.2) is 0 Å². The highest BCUT2D eigenvalue weighted by molar-refractivity contribution is 7.26. The third-order valence-electron chi connectivity index (χ3n) is 8.46. The molecule has 9 aromatic rings. The van der Waals surface area contributed by atoms with Gasteiger partial charge in [0.05, 0.1) is 43.3 Å². The van der Waals surface area contributed by atoms with E-state index in [0.29, 0.717) is 11.1 Å². The minimum Gasteiger partial charge on any atom is -0.308 e. The average Bonchev–Trinajstić information content (AvgIpc) is 3.73. The average molecular weight is 582 g/mol. The van der Waals surface area contributed by atoms with Gasteiger partial charge in [0.1, 0.15) is 6.07 Å². The van der Waals surface area contributed by atoms with Crippen LogP contribution in [0.15, 0.2) is 115 Å². The number of hydrogen-bond acceptors (Lipinski definition) is 4. The van der Waals surface area contributed by atoms with E-state index in [9.17, 15) is 10.5 Å². The number of para-hydroxylation sites is 1. The molecular weight excluding hydrogens is 563 g/mol. The number of nitrogens with zero attached hydrogens (tertiary/aromatic N) is 3. The Hall–Kier alpha value is -5.46. The summed E-state index contributed by atoms with van der Waals surface area (Å²) in [6.07, 6.45) is 0. The van der Waals surface area contributed by atoms with Crippen molar-refractivity contribution in [2.75, 3.05) is 0 Å². The summed E-state index contributed by atoms with van der Waals surface area (Å²) in [6, 6.07) is 44.9. The molecule has 5 heteroatoms. The minimum atomic E-state index is 0.631. The van der Waals surface area contributed by atoms with Gasteiger partial charge in [-0.15, -0.1) is 22.7 Å². The molecule has 198 valence electrons. The van der Waals surface area contributed by atoms with Gasteiger partial charge in [-0.2, -0.15) is 10.5 Å². The van der Waals surface area contributed by atoms with E-state index < -0.39 is 0 Å². The topological polar surface area (TPSA) is 52.5 Å². The molecule has 0 radical (unpaired) electrons. The van der Waals surface area contributed by atoms with Gasteiger partial charge < -0.3 is 4.57 Å². The first-order valence-electron chi connectivity index (χ1n) is 14.0. The zero-order valence-electron chi connectivity index (χ0n) is 22.6. The molecule has 0 aliphatic carbocycles. The van der Waals surface area contributed by atoms with Crippen LogP contribution in [0.25, 0.3) is 79.0 Å². The van der Waals surface area contributed by atoms with Gasteiger partial charge in [0.2, 0.25) is 0 Å². The Morgan fingerprint density at radius 2 is 1.30 bits per heavy atom. The maximum atomic E-state index is 10.4. The third kappa shape index (κ3) is 3.38. The van der Waals surface area contributed by atoms with Crippen LogP contribution in [0.2, 0.25) is 0 Å². The van der Waals surface area contributed by atoms with Gasteiger partial charge in [0, 0.05) is 41.7 Å². The summed E-state index contributed by atoms with van der Waals surface area (Å²) in [5.41, 5.74) is 6.67. The van der Waals surface area contributed by atoms with E-state index in [2.05, 4.69) is 114 Å². The molecule has 9 rings (SSSR count). The van der Waals surface area contributed by atoms with Crippen LogP contribution in [-0.2, 0) is 0 Å². The molecule has 0 bridgehead atoms. The summed E-state index contributed by atoms with van der Waals surface area (Å²) in [6.45, 7) is 0. The van der Waals surface area contributed by atoms with Crippen LogP contribution < -0.4 is 0 Å². The maximum Gasteiger partial charge on any atom is 0.101 e. The number of thiophene rings is 2. The fourth-order valence-corrected chi connectivity index (χ4v) is 9.00. The van der Waals surface area contributed by atoms with Crippen molar-refractivity contribution in [1.29, 1.82) is 10.5 Å². The fraction of sp³-hybridized carbons (Fsp3) is 0. The van der Waals surface area contributed by atoms with Crippen molar-refractivity contribution in [2.45, 2.75) is 0 Å². The zero-order chi connectivity index (χ0) is 28.7. The molecule has 0 atom stereocenters. The normalized spacial score (nSPS) is 11.7. The fourth-order valence-electron chi connectivity index (χ4n) is 6.61. The molecule has 43 heavy (non-hydrogen) atoms. The van der Waals surface area contributed by atoms with Gasteiger partial charge in [-0.1, -0.05) is 66.7 Å². The second-order valence-electron chi connectivity index (χ2n) is 10.7. The summed E-state index contributed by atoms with van der Waals surface area (Å²) in [5, 5.41) is 27.1. The summed E-state index contributed by atoms with van der Waals surface area (Å²) < 4.78 is 6.90. The molecule has 6 aromatic carbocycles. The number of nitriles is 2. The van der Waals surface area contributed by atoms with Crippen LogP contribution in [0, 0.1) is 22.7 Å². The van der Waals surface area contributed by atoms with Gasteiger partial charge in [0.25, 0.3) is 0 Å². The van der Waals surface area contributed by atoms with Crippen molar-refractivity contribution in [2.24, 2.45) is 0 Å². The molecule has 3 heterocycles. The first-order chi connectivity index (χ1) is 21.2. The summed E-state index contributed by atoms with van der Waals surface area (Å²) in [7, 11) is 0. The molecule has 0 spiro atoms. The summed E-state index contributed by atoms with van der Waals surface area (Å²) in [4.78, 5) is 0. The van der Waals surface area contributed by atoms with E-state index in [1.165, 1.54) is 20.2 Å². The van der Waals surface area contributed by atoms with Crippen molar-refractivity contribution in [3.8, 4) is 29.0 Å². The first kappa shape index (κ1) is 24.2. The number of rotatable bonds is 2. The van der Waals surface area contributed by atoms with Crippen LogP contribution in [0.3, 0.4) is 0 Å². The number of aromatic nitrogens is 1. The second kappa shape index (κ2) is 9.02. The van der Waals surface area contributed by atoms with Gasteiger partial charge in [-0.3, -0.25) is 0 Å². The quantitative estimate of drug-likeness (QED) is 0.204. The molecule has 3 nitrogen and oxygen atoms in total. The summed E-state index contributed by atoms with van der Waals surface area (Å²) in [5.74, 6) is 0. The molecule has 0 fully saturated rings. The maximum absolute atomic E-state index is 10.4.